The Morgan fingerprint density at radius 1 is 1.53 bits per heavy atom. The van der Waals surface area contributed by atoms with E-state index in [4.69, 9.17) is 4.42 Å². The highest BCUT2D eigenvalue weighted by Gasteiger charge is 2.06. The number of nitrogens with one attached hydrogen (secondary N) is 1. The van der Waals surface area contributed by atoms with E-state index in [0.29, 0.717) is 18.5 Å². The van der Waals surface area contributed by atoms with Crippen LogP contribution in [0.5, 0.6) is 0 Å². The molecule has 0 aliphatic heterocycles. The van der Waals surface area contributed by atoms with Crippen molar-refractivity contribution in [2.75, 3.05) is 6.54 Å². The Hall–Kier alpha value is -1.69. The fourth-order valence-electron chi connectivity index (χ4n) is 1.65. The van der Waals surface area contributed by atoms with Crippen LogP contribution < -0.4 is 11.1 Å². The van der Waals surface area contributed by atoms with Crippen molar-refractivity contribution < 1.29 is 9.21 Å². The van der Waals surface area contributed by atoms with Gasteiger partial charge in [0.1, 0.15) is 0 Å². The van der Waals surface area contributed by atoms with E-state index >= 15 is 0 Å². The Morgan fingerprint density at radius 3 is 3.00 bits per heavy atom. The number of nitrogens with zero attached hydrogens (tertiary/aromatic N) is 1. The molecule has 5 nitrogen and oxygen atoms in total. The number of rotatable bonds is 3. The summed E-state index contributed by atoms with van der Waals surface area (Å²) in [7, 11) is 1.66. The summed E-state index contributed by atoms with van der Waals surface area (Å²) >= 11 is 3.61. The van der Waals surface area contributed by atoms with Crippen LogP contribution in [0.3, 0.4) is 0 Å². The number of fused-ring (bicyclic) bond motifs is 1. The number of aromatic nitrogens is 1. The van der Waals surface area contributed by atoms with Crippen molar-refractivity contribution in [3.63, 3.8) is 0 Å². The molecule has 0 saturated heterocycles. The standard InChI is InChI=1S/C11H12N2O3S/c1-13-8-3-2-7(4-5-12-10(14)17)6-9(8)16-11(13)15/h2-3,6H,4-5H2,1H3,(H2,12,14,17). The molecule has 0 radical (unpaired) electrons. The summed E-state index contributed by atoms with van der Waals surface area (Å²) in [4.78, 5) is 21.9. The third kappa shape index (κ3) is 2.52. The molecule has 0 spiro atoms. The van der Waals surface area contributed by atoms with Gasteiger partial charge in [0.25, 0.3) is 5.24 Å². The minimum atomic E-state index is -0.374. The smallest absolute Gasteiger partial charge is 0.408 e. The van der Waals surface area contributed by atoms with Gasteiger partial charge in [-0.2, -0.15) is 0 Å². The topological polar surface area (TPSA) is 64.2 Å². The van der Waals surface area contributed by atoms with E-state index in [-0.39, 0.29) is 11.0 Å². The number of carbonyl (C=O) groups excluding carboxylic acids is 1. The highest BCUT2D eigenvalue weighted by atomic mass is 32.1. The van der Waals surface area contributed by atoms with Gasteiger partial charge in [0, 0.05) is 13.6 Å². The molecular weight excluding hydrogens is 240 g/mol. The van der Waals surface area contributed by atoms with Gasteiger partial charge in [-0.15, -0.1) is 0 Å². The van der Waals surface area contributed by atoms with Crippen LogP contribution >= 0.6 is 12.6 Å². The molecular formula is C11H12N2O3S. The summed E-state index contributed by atoms with van der Waals surface area (Å²) in [5.41, 5.74) is 2.32. The lowest BCUT2D eigenvalue weighted by atomic mass is 10.1. The van der Waals surface area contributed by atoms with Gasteiger partial charge < -0.3 is 9.73 Å². The van der Waals surface area contributed by atoms with E-state index < -0.39 is 0 Å². The van der Waals surface area contributed by atoms with Crippen LogP contribution in [-0.2, 0) is 13.5 Å². The molecule has 0 saturated carbocycles. The molecule has 1 aromatic carbocycles. The summed E-state index contributed by atoms with van der Waals surface area (Å²) in [5.74, 6) is -0.374. The van der Waals surface area contributed by atoms with Crippen molar-refractivity contribution in [2.45, 2.75) is 6.42 Å². The number of benzene rings is 1. The summed E-state index contributed by atoms with van der Waals surface area (Å²) in [6, 6.07) is 5.54. The molecule has 1 N–H and O–H groups in total. The van der Waals surface area contributed by atoms with Crippen LogP contribution in [0.2, 0.25) is 0 Å². The Kier molecular flexibility index (Phi) is 3.23. The fourth-order valence-corrected chi connectivity index (χ4v) is 1.76. The van der Waals surface area contributed by atoms with Crippen molar-refractivity contribution in [1.82, 2.24) is 9.88 Å². The van der Waals surface area contributed by atoms with Gasteiger partial charge in [-0.25, -0.2) is 4.79 Å². The number of hydrogen-bond donors (Lipinski definition) is 2. The highest BCUT2D eigenvalue weighted by molar-refractivity contribution is 7.96. The van der Waals surface area contributed by atoms with Crippen molar-refractivity contribution in [2.24, 2.45) is 7.05 Å². The first kappa shape index (κ1) is 11.8. The minimum Gasteiger partial charge on any atom is -0.408 e. The molecule has 0 unspecified atom stereocenters. The van der Waals surface area contributed by atoms with Crippen LogP contribution in [0.15, 0.2) is 27.4 Å². The number of hydrogen-bond acceptors (Lipinski definition) is 3. The third-order valence-electron chi connectivity index (χ3n) is 2.55. The highest BCUT2D eigenvalue weighted by Crippen LogP contribution is 2.14. The van der Waals surface area contributed by atoms with Gasteiger partial charge in [-0.1, -0.05) is 18.7 Å². The maximum absolute atomic E-state index is 11.3. The first-order chi connectivity index (χ1) is 8.08. The van der Waals surface area contributed by atoms with Crippen molar-refractivity contribution in [3.8, 4) is 0 Å². The zero-order valence-electron chi connectivity index (χ0n) is 9.27. The van der Waals surface area contributed by atoms with Gasteiger partial charge in [0.2, 0.25) is 0 Å². The molecule has 1 heterocycles. The van der Waals surface area contributed by atoms with Gasteiger partial charge in [0.05, 0.1) is 5.52 Å². The average Bonchev–Trinajstić information content (AvgIpc) is 2.54. The number of oxazole rings is 1. The molecule has 0 atom stereocenters. The average molecular weight is 252 g/mol. The third-order valence-corrected chi connectivity index (χ3v) is 2.70. The van der Waals surface area contributed by atoms with Crippen LogP contribution in [0, 0.1) is 0 Å². The van der Waals surface area contributed by atoms with E-state index in [1.807, 2.05) is 12.1 Å². The molecule has 0 bridgehead atoms. The predicted molar refractivity (Wildman–Crippen MR) is 67.5 cm³/mol. The lowest BCUT2D eigenvalue weighted by Crippen LogP contribution is -2.19. The molecule has 2 aromatic rings. The largest absolute Gasteiger partial charge is 0.419 e. The number of thiol groups is 1. The maximum atomic E-state index is 11.3. The minimum absolute atomic E-state index is 0.350. The van der Waals surface area contributed by atoms with Gasteiger partial charge in [0.15, 0.2) is 5.58 Å². The summed E-state index contributed by atoms with van der Waals surface area (Å²) < 4.78 is 6.52. The molecule has 17 heavy (non-hydrogen) atoms. The van der Waals surface area contributed by atoms with Crippen molar-refractivity contribution >= 4 is 29.0 Å². The second-order valence-corrected chi connectivity index (χ2v) is 4.12. The number of amides is 1. The molecule has 0 fully saturated rings. The fraction of sp³-hybridized carbons (Fsp3) is 0.273. The maximum Gasteiger partial charge on any atom is 0.419 e. The Labute approximate surface area is 103 Å². The van der Waals surface area contributed by atoms with E-state index in [0.717, 1.165) is 11.1 Å². The lowest BCUT2D eigenvalue weighted by molar-refractivity contribution is 0.261. The van der Waals surface area contributed by atoms with Crippen LogP contribution in [0.1, 0.15) is 5.56 Å². The number of carbonyl (C=O) groups is 1. The van der Waals surface area contributed by atoms with Gasteiger partial charge in [-0.3, -0.25) is 9.36 Å². The van der Waals surface area contributed by atoms with E-state index in [2.05, 4.69) is 17.9 Å². The van der Waals surface area contributed by atoms with Crippen LogP contribution in [-0.4, -0.2) is 16.4 Å². The SMILES string of the molecule is Cn1c(=O)oc2cc(CCNC(=O)S)ccc21. The monoisotopic (exact) mass is 252 g/mol. The summed E-state index contributed by atoms with van der Waals surface area (Å²) in [6.07, 6.45) is 0.668. The quantitative estimate of drug-likeness (QED) is 0.810. The number of aryl methyl sites for hydroxylation is 1. The second kappa shape index (κ2) is 4.67. The Bertz CT molecular complexity index is 615. The molecule has 90 valence electrons. The molecule has 0 aliphatic rings. The lowest BCUT2D eigenvalue weighted by Gasteiger charge is -2.01. The Balaban J connectivity index is 2.20. The zero-order valence-corrected chi connectivity index (χ0v) is 10.2. The van der Waals surface area contributed by atoms with E-state index in [9.17, 15) is 9.59 Å². The normalized spacial score (nSPS) is 10.7. The molecule has 1 amide bonds. The first-order valence-corrected chi connectivity index (χ1v) is 5.58. The van der Waals surface area contributed by atoms with Crippen LogP contribution in [0.4, 0.5) is 4.79 Å². The molecule has 0 aliphatic carbocycles. The first-order valence-electron chi connectivity index (χ1n) is 5.13. The van der Waals surface area contributed by atoms with Gasteiger partial charge in [-0.05, 0) is 24.1 Å². The van der Waals surface area contributed by atoms with E-state index in [1.165, 1.54) is 4.57 Å². The summed E-state index contributed by atoms with van der Waals surface area (Å²) in [6.45, 7) is 0.505. The van der Waals surface area contributed by atoms with Crippen LogP contribution in [0.25, 0.3) is 11.1 Å². The molecule has 6 heteroatoms. The predicted octanol–water partition coefficient (Wildman–Crippen LogP) is 1.31. The molecule has 1 aromatic heterocycles. The second-order valence-electron chi connectivity index (χ2n) is 3.71. The van der Waals surface area contributed by atoms with Gasteiger partial charge >= 0.3 is 5.76 Å². The zero-order chi connectivity index (χ0) is 12.4. The van der Waals surface area contributed by atoms with Crippen molar-refractivity contribution in [3.05, 3.63) is 34.3 Å². The molecule has 2 rings (SSSR count). The van der Waals surface area contributed by atoms with Crippen molar-refractivity contribution in [1.29, 1.82) is 0 Å². The summed E-state index contributed by atoms with van der Waals surface area (Å²) in [5, 5.41) is 2.24. The Morgan fingerprint density at radius 2 is 2.29 bits per heavy atom. The van der Waals surface area contributed by atoms with E-state index in [1.54, 1.807) is 13.1 Å².